The molecular formula is C26H27N5O4. The number of benzene rings is 2. The van der Waals surface area contributed by atoms with Gasteiger partial charge in [0.05, 0.1) is 12.0 Å². The maximum atomic E-state index is 12.5. The fourth-order valence-corrected chi connectivity index (χ4v) is 3.69. The average Bonchev–Trinajstić information content (AvgIpc) is 3.15. The molecule has 0 spiro atoms. The predicted octanol–water partition coefficient (Wildman–Crippen LogP) is 4.25. The molecule has 180 valence electrons. The molecule has 4 aromatic rings. The largest absolute Gasteiger partial charge is 0.494 e. The molecular weight excluding hydrogens is 446 g/mol. The van der Waals surface area contributed by atoms with Crippen molar-refractivity contribution in [1.82, 2.24) is 14.8 Å². The van der Waals surface area contributed by atoms with Gasteiger partial charge in [-0.25, -0.2) is 9.67 Å². The summed E-state index contributed by atoms with van der Waals surface area (Å²) in [6, 6.07) is 15.7. The van der Waals surface area contributed by atoms with Gasteiger partial charge in [0.1, 0.15) is 5.75 Å². The molecule has 2 heterocycles. The third kappa shape index (κ3) is 5.57. The van der Waals surface area contributed by atoms with E-state index in [0.717, 1.165) is 22.4 Å². The summed E-state index contributed by atoms with van der Waals surface area (Å²) >= 11 is 0. The zero-order valence-corrected chi connectivity index (χ0v) is 20.1. The summed E-state index contributed by atoms with van der Waals surface area (Å²) in [5.41, 5.74) is 4.25. The first-order valence-electron chi connectivity index (χ1n) is 11.2. The first-order valence-corrected chi connectivity index (χ1v) is 11.2. The van der Waals surface area contributed by atoms with Gasteiger partial charge in [-0.2, -0.15) is 0 Å². The molecule has 9 nitrogen and oxygen atoms in total. The van der Waals surface area contributed by atoms with Crippen molar-refractivity contribution in [3.63, 3.8) is 0 Å². The zero-order chi connectivity index (χ0) is 24.9. The Hall–Kier alpha value is -4.40. The molecule has 2 amide bonds. The summed E-state index contributed by atoms with van der Waals surface area (Å²) in [6.45, 7) is 6.16. The Morgan fingerprint density at radius 2 is 1.60 bits per heavy atom. The molecule has 4 rings (SSSR count). The van der Waals surface area contributed by atoms with Crippen LogP contribution in [0.25, 0.3) is 11.0 Å². The number of aromatic nitrogens is 3. The molecule has 35 heavy (non-hydrogen) atoms. The highest BCUT2D eigenvalue weighted by Crippen LogP contribution is 2.27. The summed E-state index contributed by atoms with van der Waals surface area (Å²) < 4.78 is 12.7. The third-order valence-corrected chi connectivity index (χ3v) is 5.28. The minimum Gasteiger partial charge on any atom is -0.494 e. The number of rotatable bonds is 8. The van der Waals surface area contributed by atoms with Gasteiger partial charge in [0.25, 0.3) is 11.8 Å². The third-order valence-electron chi connectivity index (χ3n) is 5.28. The van der Waals surface area contributed by atoms with Gasteiger partial charge in [-0.3, -0.25) is 9.59 Å². The normalized spacial score (nSPS) is 10.7. The Bertz CT molecular complexity index is 1360. The van der Waals surface area contributed by atoms with E-state index >= 15 is 0 Å². The zero-order valence-electron chi connectivity index (χ0n) is 20.1. The number of aryl methyl sites for hydroxylation is 3. The number of ether oxygens (including phenoxy) is 2. The highest BCUT2D eigenvalue weighted by Gasteiger charge is 2.16. The van der Waals surface area contributed by atoms with E-state index in [1.165, 1.54) is 0 Å². The second kappa shape index (κ2) is 10.3. The van der Waals surface area contributed by atoms with Crippen LogP contribution in [0.5, 0.6) is 11.6 Å². The summed E-state index contributed by atoms with van der Waals surface area (Å²) in [5.74, 6) is 0.515. The van der Waals surface area contributed by atoms with Crippen LogP contribution >= 0.6 is 0 Å². The quantitative estimate of drug-likeness (QED) is 0.396. The molecule has 2 N–H and O–H groups in total. The van der Waals surface area contributed by atoms with Crippen LogP contribution in [0.15, 0.2) is 54.6 Å². The molecule has 0 unspecified atom stereocenters. The molecule has 0 aliphatic rings. The summed E-state index contributed by atoms with van der Waals surface area (Å²) in [5, 5.41) is 10.7. The van der Waals surface area contributed by atoms with Crippen molar-refractivity contribution >= 4 is 34.2 Å². The summed E-state index contributed by atoms with van der Waals surface area (Å²) in [4.78, 5) is 29.4. The lowest BCUT2D eigenvalue weighted by Crippen LogP contribution is -2.20. The van der Waals surface area contributed by atoms with Crippen LogP contribution in [0.1, 0.15) is 28.5 Å². The molecule has 0 saturated carbocycles. The lowest BCUT2D eigenvalue weighted by atomic mass is 10.2. The van der Waals surface area contributed by atoms with Gasteiger partial charge in [-0.15, -0.1) is 5.10 Å². The standard InChI is InChI=1S/C26H27N5O4/c1-5-34-21-12-10-20(11-13-21)29-25(33)18-6-8-19(9-7-18)28-22(32)15-35-26-23-16(2)14-17(3)27-24(23)31(4)30-26/h6-14H,5,15H2,1-4H3,(H,28,32)(H,29,33). The van der Waals surface area contributed by atoms with Crippen LogP contribution in [-0.2, 0) is 11.8 Å². The van der Waals surface area contributed by atoms with Crippen LogP contribution < -0.4 is 20.1 Å². The molecule has 0 aliphatic carbocycles. The minimum absolute atomic E-state index is 0.209. The number of hydrogen-bond donors (Lipinski definition) is 2. The number of hydrogen-bond acceptors (Lipinski definition) is 6. The first-order chi connectivity index (χ1) is 16.8. The lowest BCUT2D eigenvalue weighted by molar-refractivity contribution is -0.118. The number of carbonyl (C=O) groups excluding carboxylic acids is 2. The van der Waals surface area contributed by atoms with Crippen molar-refractivity contribution < 1.29 is 19.1 Å². The van der Waals surface area contributed by atoms with E-state index in [4.69, 9.17) is 9.47 Å². The van der Waals surface area contributed by atoms with E-state index in [9.17, 15) is 9.59 Å². The highest BCUT2D eigenvalue weighted by molar-refractivity contribution is 6.04. The number of carbonyl (C=O) groups is 2. The Labute approximate surface area is 203 Å². The van der Waals surface area contributed by atoms with Crippen molar-refractivity contribution in [1.29, 1.82) is 0 Å². The van der Waals surface area contributed by atoms with Gasteiger partial charge < -0.3 is 20.1 Å². The van der Waals surface area contributed by atoms with Crippen LogP contribution in [-0.4, -0.2) is 39.8 Å². The Morgan fingerprint density at radius 3 is 2.29 bits per heavy atom. The van der Waals surface area contributed by atoms with Gasteiger partial charge in [0, 0.05) is 29.7 Å². The van der Waals surface area contributed by atoms with E-state index in [1.54, 1.807) is 60.3 Å². The number of nitrogens with zero attached hydrogens (tertiary/aromatic N) is 3. The van der Waals surface area contributed by atoms with Gasteiger partial charge >= 0.3 is 0 Å². The van der Waals surface area contributed by atoms with Crippen molar-refractivity contribution in [3.05, 3.63) is 71.4 Å². The summed E-state index contributed by atoms with van der Waals surface area (Å²) in [6.07, 6.45) is 0. The Morgan fingerprint density at radius 1 is 0.943 bits per heavy atom. The molecule has 2 aromatic heterocycles. The molecule has 0 saturated heterocycles. The second-order valence-electron chi connectivity index (χ2n) is 8.03. The lowest BCUT2D eigenvalue weighted by Gasteiger charge is -2.09. The van der Waals surface area contributed by atoms with Crippen molar-refractivity contribution in [3.8, 4) is 11.6 Å². The van der Waals surface area contributed by atoms with E-state index in [1.807, 2.05) is 26.8 Å². The molecule has 9 heteroatoms. The van der Waals surface area contributed by atoms with Gasteiger partial charge in [-0.05, 0) is 80.9 Å². The highest BCUT2D eigenvalue weighted by atomic mass is 16.5. The number of nitrogens with one attached hydrogen (secondary N) is 2. The Kier molecular flexibility index (Phi) is 6.96. The maximum absolute atomic E-state index is 12.5. The number of pyridine rings is 1. The van der Waals surface area contributed by atoms with Crippen LogP contribution in [0.2, 0.25) is 0 Å². The predicted molar refractivity (Wildman–Crippen MR) is 134 cm³/mol. The van der Waals surface area contributed by atoms with E-state index in [-0.39, 0.29) is 18.4 Å². The molecule has 0 radical (unpaired) electrons. The summed E-state index contributed by atoms with van der Waals surface area (Å²) in [7, 11) is 1.79. The molecule has 0 fully saturated rings. The van der Waals surface area contributed by atoms with Crippen molar-refractivity contribution in [2.75, 3.05) is 23.8 Å². The van der Waals surface area contributed by atoms with Crippen LogP contribution in [0, 0.1) is 13.8 Å². The molecule has 0 atom stereocenters. The fraction of sp³-hybridized carbons (Fsp3) is 0.231. The molecule has 0 bridgehead atoms. The molecule has 0 aliphatic heterocycles. The second-order valence-corrected chi connectivity index (χ2v) is 8.03. The van der Waals surface area contributed by atoms with Gasteiger partial charge in [0.15, 0.2) is 12.3 Å². The fourth-order valence-electron chi connectivity index (χ4n) is 3.69. The minimum atomic E-state index is -0.340. The van der Waals surface area contributed by atoms with E-state index in [0.29, 0.717) is 35.1 Å². The monoisotopic (exact) mass is 473 g/mol. The average molecular weight is 474 g/mol. The van der Waals surface area contributed by atoms with Crippen LogP contribution in [0.3, 0.4) is 0 Å². The van der Waals surface area contributed by atoms with Gasteiger partial charge in [-0.1, -0.05) is 0 Å². The maximum Gasteiger partial charge on any atom is 0.262 e. The van der Waals surface area contributed by atoms with E-state index < -0.39 is 0 Å². The topological polar surface area (TPSA) is 107 Å². The Balaban J connectivity index is 1.33. The SMILES string of the molecule is CCOc1ccc(NC(=O)c2ccc(NC(=O)COc3nn(C)c4nc(C)cc(C)c34)cc2)cc1. The van der Waals surface area contributed by atoms with Crippen molar-refractivity contribution in [2.24, 2.45) is 7.05 Å². The molecule has 2 aromatic carbocycles. The smallest absolute Gasteiger partial charge is 0.262 e. The number of anilines is 2. The van der Waals surface area contributed by atoms with Gasteiger partial charge in [0.2, 0.25) is 5.88 Å². The number of fused-ring (bicyclic) bond motifs is 1. The van der Waals surface area contributed by atoms with Crippen molar-refractivity contribution in [2.45, 2.75) is 20.8 Å². The van der Waals surface area contributed by atoms with Crippen LogP contribution in [0.4, 0.5) is 11.4 Å². The van der Waals surface area contributed by atoms with E-state index in [2.05, 4.69) is 20.7 Å². The number of amides is 2. The first kappa shape index (κ1) is 23.7.